The first kappa shape index (κ1) is 13.9. The minimum Gasteiger partial charge on any atom is -0.469 e. The van der Waals surface area contributed by atoms with Gasteiger partial charge in [-0.15, -0.1) is 0 Å². The van der Waals surface area contributed by atoms with Crippen molar-refractivity contribution in [2.24, 2.45) is 5.41 Å². The number of methoxy groups -OCH3 is 1. The van der Waals surface area contributed by atoms with E-state index >= 15 is 0 Å². The second kappa shape index (κ2) is 7.27. The SMILES string of the molecule is COC(=O)CC(C)(C)CCCCCBr. The fraction of sp³-hybridized carbons (Fsp3) is 0.909. The monoisotopic (exact) mass is 264 g/mol. The van der Waals surface area contributed by atoms with Crippen molar-refractivity contribution in [2.75, 3.05) is 12.4 Å². The van der Waals surface area contributed by atoms with Crippen LogP contribution in [0.5, 0.6) is 0 Å². The Labute approximate surface area is 95.5 Å². The maximum absolute atomic E-state index is 11.1. The van der Waals surface area contributed by atoms with E-state index in [4.69, 9.17) is 0 Å². The Bertz CT molecular complexity index is 167. The van der Waals surface area contributed by atoms with Gasteiger partial charge in [0.1, 0.15) is 0 Å². The van der Waals surface area contributed by atoms with Crippen LogP contribution < -0.4 is 0 Å². The van der Waals surface area contributed by atoms with Crippen LogP contribution in [0.1, 0.15) is 46.0 Å². The lowest BCUT2D eigenvalue weighted by atomic mass is 9.84. The predicted octanol–water partition coefficient (Wildman–Crippen LogP) is 3.53. The second-order valence-electron chi connectivity index (χ2n) is 4.42. The number of carbonyl (C=O) groups is 1. The van der Waals surface area contributed by atoms with Crippen molar-refractivity contribution in [3.05, 3.63) is 0 Å². The third-order valence-electron chi connectivity index (χ3n) is 2.34. The molecule has 0 radical (unpaired) electrons. The van der Waals surface area contributed by atoms with Crippen molar-refractivity contribution in [1.29, 1.82) is 0 Å². The Balaban J connectivity index is 3.66. The Morgan fingerprint density at radius 2 is 1.93 bits per heavy atom. The molecule has 0 unspecified atom stereocenters. The first-order valence-electron chi connectivity index (χ1n) is 5.14. The number of ether oxygens (including phenoxy) is 1. The zero-order valence-electron chi connectivity index (χ0n) is 9.44. The molecular formula is C11H21BrO2. The van der Waals surface area contributed by atoms with Crippen LogP contribution in [0.2, 0.25) is 0 Å². The molecule has 0 amide bonds. The lowest BCUT2D eigenvalue weighted by Gasteiger charge is -2.22. The van der Waals surface area contributed by atoms with Crippen LogP contribution in [0.15, 0.2) is 0 Å². The summed E-state index contributed by atoms with van der Waals surface area (Å²) in [5.41, 5.74) is 0.0827. The maximum atomic E-state index is 11.1. The van der Waals surface area contributed by atoms with Crippen molar-refractivity contribution in [3.8, 4) is 0 Å². The summed E-state index contributed by atoms with van der Waals surface area (Å²) < 4.78 is 4.67. The van der Waals surface area contributed by atoms with Crippen LogP contribution in [0, 0.1) is 5.41 Å². The molecule has 0 bridgehead atoms. The summed E-state index contributed by atoms with van der Waals surface area (Å²) in [5, 5.41) is 1.07. The standard InChI is InChI=1S/C11H21BrO2/c1-11(2,9-10(13)14-3)7-5-4-6-8-12/h4-9H2,1-3H3. The van der Waals surface area contributed by atoms with Crippen LogP contribution in [-0.4, -0.2) is 18.4 Å². The van der Waals surface area contributed by atoms with Crippen molar-refractivity contribution in [2.45, 2.75) is 46.0 Å². The van der Waals surface area contributed by atoms with Crippen molar-refractivity contribution < 1.29 is 9.53 Å². The van der Waals surface area contributed by atoms with Crippen LogP contribution in [0.3, 0.4) is 0 Å². The molecular weight excluding hydrogens is 244 g/mol. The highest BCUT2D eigenvalue weighted by molar-refractivity contribution is 9.09. The molecule has 0 rings (SSSR count). The highest BCUT2D eigenvalue weighted by Gasteiger charge is 2.21. The summed E-state index contributed by atoms with van der Waals surface area (Å²) in [6, 6.07) is 0. The first-order chi connectivity index (χ1) is 6.52. The van der Waals surface area contributed by atoms with E-state index in [0.717, 1.165) is 11.8 Å². The van der Waals surface area contributed by atoms with Gasteiger partial charge in [-0.25, -0.2) is 0 Å². The molecule has 0 N–H and O–H groups in total. The molecule has 0 aliphatic rings. The molecule has 0 aromatic carbocycles. The van der Waals surface area contributed by atoms with Crippen LogP contribution in [0.25, 0.3) is 0 Å². The number of halogens is 1. The lowest BCUT2D eigenvalue weighted by molar-refractivity contribution is -0.143. The van der Waals surface area contributed by atoms with E-state index in [-0.39, 0.29) is 11.4 Å². The van der Waals surface area contributed by atoms with Gasteiger partial charge in [0, 0.05) is 5.33 Å². The van der Waals surface area contributed by atoms with Gasteiger partial charge in [0.25, 0.3) is 0 Å². The smallest absolute Gasteiger partial charge is 0.306 e. The quantitative estimate of drug-likeness (QED) is 0.400. The van der Waals surface area contributed by atoms with Gasteiger partial charge in [-0.2, -0.15) is 0 Å². The number of carbonyl (C=O) groups excluding carboxylic acids is 1. The van der Waals surface area contributed by atoms with Gasteiger partial charge in [0.05, 0.1) is 13.5 Å². The number of alkyl halides is 1. The van der Waals surface area contributed by atoms with Gasteiger partial charge in [-0.1, -0.05) is 42.6 Å². The number of hydrogen-bond donors (Lipinski definition) is 0. The molecule has 0 saturated heterocycles. The molecule has 0 atom stereocenters. The van der Waals surface area contributed by atoms with E-state index < -0.39 is 0 Å². The zero-order valence-corrected chi connectivity index (χ0v) is 11.0. The van der Waals surface area contributed by atoms with Crippen LogP contribution >= 0.6 is 15.9 Å². The van der Waals surface area contributed by atoms with Crippen molar-refractivity contribution >= 4 is 21.9 Å². The lowest BCUT2D eigenvalue weighted by Crippen LogP contribution is -2.18. The van der Waals surface area contributed by atoms with Gasteiger partial charge in [-0.3, -0.25) is 4.79 Å². The second-order valence-corrected chi connectivity index (χ2v) is 5.21. The fourth-order valence-electron chi connectivity index (χ4n) is 1.43. The van der Waals surface area contributed by atoms with E-state index in [1.165, 1.54) is 26.4 Å². The molecule has 2 nitrogen and oxygen atoms in total. The van der Waals surface area contributed by atoms with Gasteiger partial charge in [0.15, 0.2) is 0 Å². The Kier molecular flexibility index (Phi) is 7.24. The third-order valence-corrected chi connectivity index (χ3v) is 2.90. The molecule has 14 heavy (non-hydrogen) atoms. The summed E-state index contributed by atoms with van der Waals surface area (Å²) in [7, 11) is 1.45. The predicted molar refractivity (Wildman–Crippen MR) is 62.7 cm³/mol. The van der Waals surface area contributed by atoms with Crippen molar-refractivity contribution in [3.63, 3.8) is 0 Å². The minimum atomic E-state index is -0.101. The molecule has 0 heterocycles. The molecule has 84 valence electrons. The molecule has 0 aliphatic carbocycles. The van der Waals surface area contributed by atoms with E-state index in [1.54, 1.807) is 0 Å². The summed E-state index contributed by atoms with van der Waals surface area (Å²) in [5.74, 6) is -0.101. The number of rotatable bonds is 7. The molecule has 0 aliphatic heterocycles. The van der Waals surface area contributed by atoms with Gasteiger partial charge < -0.3 is 4.74 Å². The molecule has 0 spiro atoms. The van der Waals surface area contributed by atoms with Gasteiger partial charge >= 0.3 is 5.97 Å². The highest BCUT2D eigenvalue weighted by atomic mass is 79.9. The van der Waals surface area contributed by atoms with E-state index in [0.29, 0.717) is 6.42 Å². The van der Waals surface area contributed by atoms with E-state index in [2.05, 4.69) is 34.5 Å². The summed E-state index contributed by atoms with van der Waals surface area (Å²) in [6.45, 7) is 4.25. The maximum Gasteiger partial charge on any atom is 0.306 e. The third kappa shape index (κ3) is 7.36. The fourth-order valence-corrected chi connectivity index (χ4v) is 1.82. The summed E-state index contributed by atoms with van der Waals surface area (Å²) in [6.07, 6.45) is 5.26. The zero-order chi connectivity index (χ0) is 11.0. The average Bonchev–Trinajstić information content (AvgIpc) is 2.12. The average molecular weight is 265 g/mol. The molecule has 3 heteroatoms. The number of hydrogen-bond acceptors (Lipinski definition) is 2. The first-order valence-corrected chi connectivity index (χ1v) is 6.27. The van der Waals surface area contributed by atoms with Gasteiger partial charge in [0.2, 0.25) is 0 Å². The number of unbranched alkanes of at least 4 members (excludes halogenated alkanes) is 2. The van der Waals surface area contributed by atoms with Crippen molar-refractivity contribution in [1.82, 2.24) is 0 Å². The summed E-state index contributed by atoms with van der Waals surface area (Å²) >= 11 is 3.41. The minimum absolute atomic E-state index is 0.0827. The van der Waals surface area contributed by atoms with Crippen LogP contribution in [-0.2, 0) is 9.53 Å². The van der Waals surface area contributed by atoms with Crippen LogP contribution in [0.4, 0.5) is 0 Å². The molecule has 0 fully saturated rings. The highest BCUT2D eigenvalue weighted by Crippen LogP contribution is 2.28. The largest absolute Gasteiger partial charge is 0.469 e. The Hall–Kier alpha value is -0.0500. The number of esters is 1. The topological polar surface area (TPSA) is 26.3 Å². The Morgan fingerprint density at radius 1 is 1.29 bits per heavy atom. The van der Waals surface area contributed by atoms with E-state index in [9.17, 15) is 4.79 Å². The molecule has 0 aromatic rings. The molecule has 0 aromatic heterocycles. The molecule has 0 saturated carbocycles. The van der Waals surface area contributed by atoms with E-state index in [1.807, 2.05) is 0 Å². The van der Waals surface area contributed by atoms with Gasteiger partial charge in [-0.05, 0) is 18.3 Å². The Morgan fingerprint density at radius 3 is 2.43 bits per heavy atom. The normalized spacial score (nSPS) is 11.4. The summed E-state index contributed by atoms with van der Waals surface area (Å²) in [4.78, 5) is 11.1.